The fourth-order valence-corrected chi connectivity index (χ4v) is 3.12. The number of hydrogen-bond acceptors (Lipinski definition) is 3. The molecule has 1 fully saturated rings. The molecule has 2 heterocycles. The summed E-state index contributed by atoms with van der Waals surface area (Å²) in [6.07, 6.45) is 3.63. The highest BCUT2D eigenvalue weighted by Crippen LogP contribution is 2.21. The molecule has 19 heavy (non-hydrogen) atoms. The highest BCUT2D eigenvalue weighted by atomic mass is 15.3. The molecule has 2 rings (SSSR count). The Hall–Kier alpha value is -0.870. The highest BCUT2D eigenvalue weighted by molar-refractivity contribution is 5.09. The van der Waals surface area contributed by atoms with Gasteiger partial charge in [-0.15, -0.1) is 0 Å². The molecule has 1 saturated heterocycles. The molecule has 0 aliphatic carbocycles. The zero-order valence-corrected chi connectivity index (χ0v) is 12.9. The van der Waals surface area contributed by atoms with Crippen molar-refractivity contribution in [1.82, 2.24) is 20.0 Å². The molecule has 1 N–H and O–H groups in total. The summed E-state index contributed by atoms with van der Waals surface area (Å²) in [5.74, 6) is 0. The highest BCUT2D eigenvalue weighted by Gasteiger charge is 2.30. The van der Waals surface area contributed by atoms with Gasteiger partial charge in [0.15, 0.2) is 0 Å². The number of rotatable bonds is 4. The monoisotopic (exact) mass is 264 g/mol. The maximum atomic E-state index is 4.45. The normalized spacial score (nSPS) is 20.4. The molecule has 1 aromatic heterocycles. The van der Waals surface area contributed by atoms with E-state index in [1.54, 1.807) is 0 Å². The zero-order valence-electron chi connectivity index (χ0n) is 12.9. The minimum Gasteiger partial charge on any atom is -0.310 e. The third kappa shape index (κ3) is 3.37. The SMILES string of the molecule is CCC1(CC)CN(Cc2cc(C)nn2C)CCCN1. The predicted molar refractivity (Wildman–Crippen MR) is 79.2 cm³/mol. The topological polar surface area (TPSA) is 33.1 Å². The maximum absolute atomic E-state index is 4.45. The summed E-state index contributed by atoms with van der Waals surface area (Å²) in [5.41, 5.74) is 2.73. The van der Waals surface area contributed by atoms with Gasteiger partial charge in [-0.3, -0.25) is 9.58 Å². The molecule has 1 aliphatic heterocycles. The van der Waals surface area contributed by atoms with Crippen LogP contribution in [0.2, 0.25) is 0 Å². The van der Waals surface area contributed by atoms with E-state index in [-0.39, 0.29) is 0 Å². The Kier molecular flexibility index (Phi) is 4.63. The van der Waals surface area contributed by atoms with Gasteiger partial charge in [0.1, 0.15) is 0 Å². The van der Waals surface area contributed by atoms with Gasteiger partial charge >= 0.3 is 0 Å². The van der Waals surface area contributed by atoms with Gasteiger partial charge in [0, 0.05) is 25.7 Å². The van der Waals surface area contributed by atoms with Crippen molar-refractivity contribution in [1.29, 1.82) is 0 Å². The zero-order chi connectivity index (χ0) is 13.9. The van der Waals surface area contributed by atoms with E-state index in [1.807, 2.05) is 11.7 Å². The molecule has 4 heteroatoms. The lowest BCUT2D eigenvalue weighted by molar-refractivity contribution is 0.188. The second kappa shape index (κ2) is 6.06. The average molecular weight is 264 g/mol. The molecule has 4 nitrogen and oxygen atoms in total. The van der Waals surface area contributed by atoms with Gasteiger partial charge in [-0.1, -0.05) is 13.8 Å². The number of nitrogens with zero attached hydrogens (tertiary/aromatic N) is 3. The van der Waals surface area contributed by atoms with Crippen molar-refractivity contribution in [3.05, 3.63) is 17.5 Å². The fraction of sp³-hybridized carbons (Fsp3) is 0.800. The number of aromatic nitrogens is 2. The molecular formula is C15H28N4. The molecule has 0 atom stereocenters. The second-order valence-corrected chi connectivity index (χ2v) is 5.88. The van der Waals surface area contributed by atoms with Crippen LogP contribution in [0.3, 0.4) is 0 Å². The predicted octanol–water partition coefficient (Wildman–Crippen LogP) is 2.08. The van der Waals surface area contributed by atoms with E-state index < -0.39 is 0 Å². The lowest BCUT2D eigenvalue weighted by Crippen LogP contribution is -2.50. The van der Waals surface area contributed by atoms with Gasteiger partial charge in [-0.05, 0) is 45.3 Å². The third-order valence-corrected chi connectivity index (χ3v) is 4.52. The van der Waals surface area contributed by atoms with Gasteiger partial charge in [0.25, 0.3) is 0 Å². The van der Waals surface area contributed by atoms with Crippen molar-refractivity contribution in [2.45, 2.75) is 52.1 Å². The molecule has 0 radical (unpaired) electrons. The first-order valence-corrected chi connectivity index (χ1v) is 7.55. The molecule has 108 valence electrons. The van der Waals surface area contributed by atoms with Gasteiger partial charge in [0.05, 0.1) is 11.4 Å². The van der Waals surface area contributed by atoms with E-state index in [0.717, 1.165) is 25.3 Å². The molecule has 0 unspecified atom stereocenters. The van der Waals surface area contributed by atoms with Crippen LogP contribution in [-0.2, 0) is 13.6 Å². The van der Waals surface area contributed by atoms with Crippen molar-refractivity contribution in [2.75, 3.05) is 19.6 Å². The second-order valence-electron chi connectivity index (χ2n) is 5.88. The first-order valence-electron chi connectivity index (χ1n) is 7.55. The molecule has 1 aromatic rings. The quantitative estimate of drug-likeness (QED) is 0.904. The molecule has 1 aliphatic rings. The maximum Gasteiger partial charge on any atom is 0.0597 e. The molecule has 0 amide bonds. The Labute approximate surface area is 117 Å². The van der Waals surface area contributed by atoms with Gasteiger partial charge < -0.3 is 5.32 Å². The van der Waals surface area contributed by atoms with Crippen molar-refractivity contribution in [3.63, 3.8) is 0 Å². The van der Waals surface area contributed by atoms with Crippen LogP contribution in [0.5, 0.6) is 0 Å². The largest absolute Gasteiger partial charge is 0.310 e. The fourth-order valence-electron chi connectivity index (χ4n) is 3.12. The smallest absolute Gasteiger partial charge is 0.0597 e. The van der Waals surface area contributed by atoms with E-state index in [9.17, 15) is 0 Å². The Morgan fingerprint density at radius 1 is 1.37 bits per heavy atom. The molecule has 0 aromatic carbocycles. The van der Waals surface area contributed by atoms with Crippen LogP contribution in [0, 0.1) is 6.92 Å². The summed E-state index contributed by atoms with van der Waals surface area (Å²) in [7, 11) is 2.05. The van der Waals surface area contributed by atoms with Crippen LogP contribution in [-0.4, -0.2) is 39.9 Å². The Morgan fingerprint density at radius 2 is 2.11 bits per heavy atom. The van der Waals surface area contributed by atoms with E-state index in [4.69, 9.17) is 0 Å². The van der Waals surface area contributed by atoms with Crippen LogP contribution in [0.15, 0.2) is 6.07 Å². The van der Waals surface area contributed by atoms with Crippen molar-refractivity contribution >= 4 is 0 Å². The van der Waals surface area contributed by atoms with Crippen molar-refractivity contribution in [2.24, 2.45) is 7.05 Å². The summed E-state index contributed by atoms with van der Waals surface area (Å²) in [6, 6.07) is 2.21. The summed E-state index contributed by atoms with van der Waals surface area (Å²) in [4.78, 5) is 2.59. The third-order valence-electron chi connectivity index (χ3n) is 4.52. The number of nitrogens with one attached hydrogen (secondary N) is 1. The van der Waals surface area contributed by atoms with Crippen molar-refractivity contribution < 1.29 is 0 Å². The van der Waals surface area contributed by atoms with Crippen LogP contribution < -0.4 is 5.32 Å². The van der Waals surface area contributed by atoms with E-state index >= 15 is 0 Å². The summed E-state index contributed by atoms with van der Waals surface area (Å²) in [6.45, 7) is 11.1. The molecular weight excluding hydrogens is 236 g/mol. The van der Waals surface area contributed by atoms with Crippen LogP contribution >= 0.6 is 0 Å². The van der Waals surface area contributed by atoms with Crippen LogP contribution in [0.1, 0.15) is 44.5 Å². The summed E-state index contributed by atoms with van der Waals surface area (Å²) >= 11 is 0. The van der Waals surface area contributed by atoms with E-state index in [2.05, 4.69) is 42.2 Å². The Morgan fingerprint density at radius 3 is 2.68 bits per heavy atom. The number of hydrogen-bond donors (Lipinski definition) is 1. The molecule has 0 bridgehead atoms. The van der Waals surface area contributed by atoms with Crippen molar-refractivity contribution in [3.8, 4) is 0 Å². The van der Waals surface area contributed by atoms with Crippen LogP contribution in [0.4, 0.5) is 0 Å². The minimum atomic E-state index is 0.296. The summed E-state index contributed by atoms with van der Waals surface area (Å²) in [5, 5.41) is 8.22. The molecule has 0 saturated carbocycles. The van der Waals surface area contributed by atoms with Gasteiger partial charge in [-0.2, -0.15) is 5.10 Å². The lowest BCUT2D eigenvalue weighted by Gasteiger charge is -2.35. The van der Waals surface area contributed by atoms with E-state index in [0.29, 0.717) is 5.54 Å². The lowest BCUT2D eigenvalue weighted by atomic mass is 9.92. The van der Waals surface area contributed by atoms with E-state index in [1.165, 1.54) is 31.5 Å². The van der Waals surface area contributed by atoms with Gasteiger partial charge in [-0.25, -0.2) is 0 Å². The Bertz CT molecular complexity index is 406. The first-order chi connectivity index (χ1) is 9.08. The minimum absolute atomic E-state index is 0.296. The first kappa shape index (κ1) is 14.5. The standard InChI is InChI=1S/C15H28N4/c1-5-15(6-2)12-19(9-7-8-16-15)11-14-10-13(3)17-18(14)4/h10,16H,5-9,11-12H2,1-4H3. The van der Waals surface area contributed by atoms with Crippen LogP contribution in [0.25, 0.3) is 0 Å². The van der Waals surface area contributed by atoms with Gasteiger partial charge in [0.2, 0.25) is 0 Å². The molecule has 0 spiro atoms. The summed E-state index contributed by atoms with van der Waals surface area (Å²) < 4.78 is 2.02. The number of aryl methyl sites for hydroxylation is 2. The Balaban J connectivity index is 2.08. The average Bonchev–Trinajstić information content (AvgIpc) is 2.62.